The van der Waals surface area contributed by atoms with Crippen molar-refractivity contribution in [3.63, 3.8) is 0 Å². The highest BCUT2D eigenvalue weighted by atomic mass is 35.5. The lowest BCUT2D eigenvalue weighted by molar-refractivity contribution is -0.141. The van der Waals surface area contributed by atoms with Crippen LogP contribution < -0.4 is 5.32 Å². The zero-order valence-corrected chi connectivity index (χ0v) is 8.81. The molecule has 0 aromatic carbocycles. The Morgan fingerprint density at radius 3 is 2.46 bits per heavy atom. The minimum absolute atomic E-state index is 0. The second-order valence-electron chi connectivity index (χ2n) is 2.05. The van der Waals surface area contributed by atoms with E-state index >= 15 is 0 Å². The first-order valence-corrected chi connectivity index (χ1v) is 5.16. The summed E-state index contributed by atoms with van der Waals surface area (Å²) in [4.78, 5) is 27.3. The number of esters is 1. The molecular formula is C5H13ClNO5P. The van der Waals surface area contributed by atoms with Crippen LogP contribution in [0.3, 0.4) is 0 Å². The number of nitrogens with one attached hydrogen (secondary N) is 1. The fourth-order valence-corrected chi connectivity index (χ4v) is 0.919. The van der Waals surface area contributed by atoms with Gasteiger partial charge in [-0.3, -0.25) is 14.7 Å². The average Bonchev–Trinajstić information content (AvgIpc) is 1.84. The number of hydrogen-bond donors (Lipinski definition) is 3. The number of rotatable bonds is 5. The Hall–Kier alpha value is -0.130. The summed E-state index contributed by atoms with van der Waals surface area (Å²) in [6.07, 6.45) is -0.508. The van der Waals surface area contributed by atoms with Crippen molar-refractivity contribution in [2.75, 3.05) is 19.4 Å². The van der Waals surface area contributed by atoms with Crippen molar-refractivity contribution in [2.45, 2.75) is 6.92 Å². The van der Waals surface area contributed by atoms with Crippen LogP contribution in [0.15, 0.2) is 0 Å². The molecule has 0 aliphatic heterocycles. The van der Waals surface area contributed by atoms with E-state index in [9.17, 15) is 9.36 Å². The van der Waals surface area contributed by atoms with Gasteiger partial charge in [0.2, 0.25) is 0 Å². The van der Waals surface area contributed by atoms with Crippen molar-refractivity contribution in [3.05, 3.63) is 0 Å². The molecule has 0 bridgehead atoms. The second-order valence-corrected chi connectivity index (χ2v) is 3.70. The second kappa shape index (κ2) is 7.29. The van der Waals surface area contributed by atoms with Crippen molar-refractivity contribution < 1.29 is 23.9 Å². The van der Waals surface area contributed by atoms with E-state index in [2.05, 4.69) is 10.1 Å². The molecule has 6 nitrogen and oxygen atoms in total. The van der Waals surface area contributed by atoms with Crippen LogP contribution in [0, 0.1) is 0 Å². The predicted octanol–water partition coefficient (Wildman–Crippen LogP) is -0.304. The van der Waals surface area contributed by atoms with Gasteiger partial charge in [0.1, 0.15) is 0 Å². The molecule has 0 saturated carbocycles. The van der Waals surface area contributed by atoms with Crippen LogP contribution in [-0.4, -0.2) is 35.2 Å². The zero-order chi connectivity index (χ0) is 9.61. The third-order valence-corrected chi connectivity index (χ3v) is 1.53. The minimum Gasteiger partial charge on any atom is -0.465 e. The third kappa shape index (κ3) is 11.9. The molecule has 0 atom stereocenters. The highest BCUT2D eigenvalue weighted by Crippen LogP contribution is 2.31. The van der Waals surface area contributed by atoms with Gasteiger partial charge in [-0.15, -0.1) is 12.4 Å². The SMILES string of the molecule is CCOC(=O)CNCP(=O)(O)O.Cl. The van der Waals surface area contributed by atoms with Crippen LogP contribution in [0.1, 0.15) is 6.92 Å². The Bertz CT molecular complexity index is 193. The van der Waals surface area contributed by atoms with Gasteiger partial charge < -0.3 is 14.5 Å². The number of carbonyl (C=O) groups is 1. The Morgan fingerprint density at radius 2 is 2.08 bits per heavy atom. The molecule has 0 heterocycles. The van der Waals surface area contributed by atoms with E-state index < -0.39 is 19.9 Å². The first-order valence-electron chi connectivity index (χ1n) is 3.36. The van der Waals surface area contributed by atoms with E-state index in [1.165, 1.54) is 0 Å². The maximum absolute atomic E-state index is 10.6. The molecule has 0 saturated heterocycles. The Labute approximate surface area is 82.2 Å². The van der Waals surface area contributed by atoms with E-state index in [1.54, 1.807) is 6.92 Å². The van der Waals surface area contributed by atoms with Crippen LogP contribution in [0.5, 0.6) is 0 Å². The highest BCUT2D eigenvalue weighted by molar-refractivity contribution is 7.51. The summed E-state index contributed by atoms with van der Waals surface area (Å²) < 4.78 is 14.8. The maximum Gasteiger partial charge on any atom is 0.339 e. The molecule has 0 aromatic rings. The summed E-state index contributed by atoms with van der Waals surface area (Å²) in [6, 6.07) is 0. The standard InChI is InChI=1S/C5H12NO5P.ClH/c1-2-11-5(7)3-6-4-12(8,9)10;/h6H,2-4H2,1H3,(H2,8,9,10);1H. The Kier molecular flexibility index (Phi) is 8.61. The van der Waals surface area contributed by atoms with Crippen molar-refractivity contribution in [2.24, 2.45) is 0 Å². The van der Waals surface area contributed by atoms with Gasteiger partial charge in [-0.25, -0.2) is 0 Å². The van der Waals surface area contributed by atoms with Crippen LogP contribution >= 0.6 is 20.0 Å². The maximum atomic E-state index is 10.6. The molecule has 0 aromatic heterocycles. The Balaban J connectivity index is 0. The van der Waals surface area contributed by atoms with Crippen molar-refractivity contribution in [1.29, 1.82) is 0 Å². The summed E-state index contributed by atoms with van der Waals surface area (Å²) >= 11 is 0. The average molecular weight is 234 g/mol. The molecule has 0 spiro atoms. The van der Waals surface area contributed by atoms with Gasteiger partial charge in [-0.05, 0) is 6.92 Å². The lowest BCUT2D eigenvalue weighted by atomic mass is 10.6. The number of hydrogen-bond acceptors (Lipinski definition) is 4. The largest absolute Gasteiger partial charge is 0.465 e. The smallest absolute Gasteiger partial charge is 0.339 e. The van der Waals surface area contributed by atoms with Crippen LogP contribution in [-0.2, 0) is 14.1 Å². The molecule has 0 aliphatic carbocycles. The van der Waals surface area contributed by atoms with Crippen molar-refractivity contribution in [3.8, 4) is 0 Å². The molecule has 13 heavy (non-hydrogen) atoms. The number of ether oxygens (including phenoxy) is 1. The quantitative estimate of drug-likeness (QED) is 0.446. The fraction of sp³-hybridized carbons (Fsp3) is 0.800. The topological polar surface area (TPSA) is 95.9 Å². The molecular weight excluding hydrogens is 220 g/mol. The third-order valence-electron chi connectivity index (χ3n) is 0.892. The van der Waals surface area contributed by atoms with Gasteiger partial charge in [0.15, 0.2) is 0 Å². The summed E-state index contributed by atoms with van der Waals surface area (Å²) in [6.45, 7) is 1.73. The van der Waals surface area contributed by atoms with Gasteiger partial charge in [-0.2, -0.15) is 0 Å². The van der Waals surface area contributed by atoms with E-state index in [4.69, 9.17) is 9.79 Å². The van der Waals surface area contributed by atoms with Gasteiger partial charge in [0.05, 0.1) is 19.4 Å². The molecule has 3 N–H and O–H groups in total. The molecule has 0 aliphatic rings. The molecule has 0 amide bonds. The zero-order valence-electron chi connectivity index (χ0n) is 7.10. The van der Waals surface area contributed by atoms with E-state index in [-0.39, 0.29) is 25.6 Å². The lowest BCUT2D eigenvalue weighted by Gasteiger charge is -2.05. The first-order chi connectivity index (χ1) is 5.45. The van der Waals surface area contributed by atoms with Gasteiger partial charge in [0.25, 0.3) is 0 Å². The van der Waals surface area contributed by atoms with Crippen LogP contribution in [0.25, 0.3) is 0 Å². The van der Waals surface area contributed by atoms with Crippen LogP contribution in [0.2, 0.25) is 0 Å². The van der Waals surface area contributed by atoms with E-state index in [0.717, 1.165) is 0 Å². The summed E-state index contributed by atoms with van der Waals surface area (Å²) in [5, 5.41) is 2.27. The fourth-order valence-electron chi connectivity index (χ4n) is 0.516. The summed E-state index contributed by atoms with van der Waals surface area (Å²) in [5.74, 6) is -0.522. The Morgan fingerprint density at radius 1 is 1.54 bits per heavy atom. The molecule has 0 fully saturated rings. The molecule has 80 valence electrons. The minimum atomic E-state index is -4.06. The number of halogens is 1. The highest BCUT2D eigenvalue weighted by Gasteiger charge is 2.12. The van der Waals surface area contributed by atoms with Crippen molar-refractivity contribution in [1.82, 2.24) is 5.32 Å². The number of carbonyl (C=O) groups excluding carboxylic acids is 1. The van der Waals surface area contributed by atoms with Gasteiger partial charge in [-0.1, -0.05) is 0 Å². The summed E-state index contributed by atoms with van der Waals surface area (Å²) in [5.41, 5.74) is 0. The van der Waals surface area contributed by atoms with Gasteiger partial charge in [0, 0.05) is 0 Å². The first kappa shape index (κ1) is 15.3. The van der Waals surface area contributed by atoms with Crippen molar-refractivity contribution >= 4 is 26.0 Å². The molecule has 8 heteroatoms. The molecule has 0 rings (SSSR count). The van der Waals surface area contributed by atoms with E-state index in [0.29, 0.717) is 0 Å². The molecule has 0 radical (unpaired) electrons. The predicted molar refractivity (Wildman–Crippen MR) is 48.8 cm³/mol. The van der Waals surface area contributed by atoms with E-state index in [1.807, 2.05) is 0 Å². The lowest BCUT2D eigenvalue weighted by Crippen LogP contribution is -2.25. The molecule has 0 unspecified atom stereocenters. The normalized spacial score (nSPS) is 10.4. The summed E-state index contributed by atoms with van der Waals surface area (Å²) in [7, 11) is -4.06. The van der Waals surface area contributed by atoms with Gasteiger partial charge >= 0.3 is 13.6 Å². The van der Waals surface area contributed by atoms with Crippen LogP contribution in [0.4, 0.5) is 0 Å². The monoisotopic (exact) mass is 233 g/mol.